The van der Waals surface area contributed by atoms with Crippen molar-refractivity contribution >= 4 is 0 Å². The van der Waals surface area contributed by atoms with Gasteiger partial charge in [-0.1, -0.05) is 36.4 Å². The molecule has 0 aromatic heterocycles. The van der Waals surface area contributed by atoms with Gasteiger partial charge >= 0.3 is 0 Å². The van der Waals surface area contributed by atoms with Crippen molar-refractivity contribution in [2.75, 3.05) is 0 Å². The van der Waals surface area contributed by atoms with E-state index < -0.39 is 0 Å². The molecule has 2 nitrogen and oxygen atoms in total. The summed E-state index contributed by atoms with van der Waals surface area (Å²) < 4.78 is 0. The second-order valence-corrected chi connectivity index (χ2v) is 3.88. The molecule has 0 radical (unpaired) electrons. The summed E-state index contributed by atoms with van der Waals surface area (Å²) in [5.74, 6) is 0.551. The molecule has 0 spiro atoms. The van der Waals surface area contributed by atoms with E-state index in [0.29, 0.717) is 0 Å². The van der Waals surface area contributed by atoms with Crippen molar-refractivity contribution < 1.29 is 5.11 Å². The lowest BCUT2D eigenvalue weighted by molar-refractivity contribution is 0.412. The maximum Gasteiger partial charge on any atom is 0.112 e. The van der Waals surface area contributed by atoms with Gasteiger partial charge in [-0.25, -0.2) is 0 Å². The maximum absolute atomic E-state index is 9.26. The van der Waals surface area contributed by atoms with Gasteiger partial charge in [0.15, 0.2) is 0 Å². The topological polar surface area (TPSA) is 46.2 Å². The summed E-state index contributed by atoms with van der Waals surface area (Å²) in [6.45, 7) is 0. The number of hydrogen-bond donors (Lipinski definition) is 2. The van der Waals surface area contributed by atoms with Gasteiger partial charge in [-0.15, -0.1) is 0 Å². The van der Waals surface area contributed by atoms with Gasteiger partial charge in [0.2, 0.25) is 0 Å². The van der Waals surface area contributed by atoms with Crippen molar-refractivity contribution in [3.63, 3.8) is 0 Å². The molecule has 2 heteroatoms. The molecule has 0 aliphatic heterocycles. The molecule has 1 aromatic rings. The smallest absolute Gasteiger partial charge is 0.112 e. The third kappa shape index (κ3) is 2.48. The Morgan fingerprint density at radius 1 is 1.20 bits per heavy atom. The highest BCUT2D eigenvalue weighted by Crippen LogP contribution is 2.18. The Labute approximate surface area is 89.7 Å². The minimum Gasteiger partial charge on any atom is -0.508 e. The van der Waals surface area contributed by atoms with E-state index in [9.17, 15) is 5.11 Å². The van der Waals surface area contributed by atoms with E-state index in [1.807, 2.05) is 24.3 Å². The highest BCUT2D eigenvalue weighted by Gasteiger charge is 2.17. The van der Waals surface area contributed by atoms with Crippen LogP contribution < -0.4 is 5.73 Å². The number of rotatable bonds is 2. The van der Waals surface area contributed by atoms with E-state index in [1.165, 1.54) is 5.56 Å². The van der Waals surface area contributed by atoms with Crippen LogP contribution in [0.5, 0.6) is 0 Å². The predicted molar refractivity (Wildman–Crippen MR) is 61.5 cm³/mol. The van der Waals surface area contributed by atoms with Crippen molar-refractivity contribution in [1.82, 2.24) is 0 Å². The van der Waals surface area contributed by atoms with Crippen molar-refractivity contribution in [3.8, 4) is 0 Å². The third-order valence-corrected chi connectivity index (χ3v) is 2.69. The van der Waals surface area contributed by atoms with Gasteiger partial charge < -0.3 is 10.8 Å². The molecule has 1 aliphatic carbocycles. The monoisotopic (exact) mass is 201 g/mol. The van der Waals surface area contributed by atoms with Gasteiger partial charge in [0.05, 0.1) is 0 Å². The van der Waals surface area contributed by atoms with Gasteiger partial charge in [0, 0.05) is 12.0 Å². The van der Waals surface area contributed by atoms with Crippen LogP contribution in [0.25, 0.3) is 0 Å². The zero-order valence-electron chi connectivity index (χ0n) is 8.51. The van der Waals surface area contributed by atoms with Crippen LogP contribution >= 0.6 is 0 Å². The summed E-state index contributed by atoms with van der Waals surface area (Å²) in [5, 5.41) is 9.26. The van der Waals surface area contributed by atoms with E-state index in [4.69, 9.17) is 5.73 Å². The van der Waals surface area contributed by atoms with Crippen LogP contribution in [0.2, 0.25) is 0 Å². The largest absolute Gasteiger partial charge is 0.508 e. The molecule has 0 fully saturated rings. The molecule has 3 N–H and O–H groups in total. The fourth-order valence-electron chi connectivity index (χ4n) is 1.82. The fourth-order valence-corrected chi connectivity index (χ4v) is 1.82. The Hall–Kier alpha value is -1.54. The minimum atomic E-state index is -0.0878. The minimum absolute atomic E-state index is 0.0878. The molecular formula is C13H15NO. The number of aliphatic hydroxyl groups excluding tert-OH is 1. The molecule has 0 bridgehead atoms. The van der Waals surface area contributed by atoms with Crippen LogP contribution in [-0.2, 0) is 6.42 Å². The highest BCUT2D eigenvalue weighted by molar-refractivity contribution is 5.25. The average molecular weight is 201 g/mol. The number of hydrogen-bond acceptors (Lipinski definition) is 2. The zero-order chi connectivity index (χ0) is 10.7. The molecule has 0 saturated carbocycles. The Balaban J connectivity index is 2.06. The van der Waals surface area contributed by atoms with Crippen molar-refractivity contribution in [3.05, 3.63) is 59.9 Å². The molecule has 2 unspecified atom stereocenters. The van der Waals surface area contributed by atoms with Gasteiger partial charge in [-0.3, -0.25) is 0 Å². The predicted octanol–water partition coefficient (Wildman–Crippen LogP) is 2.18. The first-order valence-corrected chi connectivity index (χ1v) is 5.14. The molecule has 15 heavy (non-hydrogen) atoms. The molecule has 2 atom stereocenters. The van der Waals surface area contributed by atoms with Crippen LogP contribution in [0, 0.1) is 5.92 Å². The normalized spacial score (nSPS) is 25.0. The average Bonchev–Trinajstić information content (AvgIpc) is 2.24. The summed E-state index contributed by atoms with van der Waals surface area (Å²) in [6, 6.07) is 10.2. The standard InChI is InChI=1S/C13H15NO/c14-13-9-12(15)7-6-11(13)8-10-4-2-1-3-5-10/h1-7,9,11,13,15H,8,14H2. The molecule has 0 heterocycles. The quantitative estimate of drug-likeness (QED) is 0.770. The number of benzene rings is 1. The van der Waals surface area contributed by atoms with Crippen LogP contribution in [0.3, 0.4) is 0 Å². The second kappa shape index (κ2) is 4.32. The Kier molecular flexibility index (Phi) is 2.88. The Morgan fingerprint density at radius 2 is 1.93 bits per heavy atom. The van der Waals surface area contributed by atoms with Gasteiger partial charge in [-0.2, -0.15) is 0 Å². The molecule has 1 aromatic carbocycles. The van der Waals surface area contributed by atoms with Crippen molar-refractivity contribution in [2.45, 2.75) is 12.5 Å². The summed E-state index contributed by atoms with van der Waals surface area (Å²) in [7, 11) is 0. The first kappa shape index (κ1) is 9.99. The molecular weight excluding hydrogens is 186 g/mol. The van der Waals surface area contributed by atoms with E-state index in [0.717, 1.165) is 6.42 Å². The zero-order valence-corrected chi connectivity index (χ0v) is 8.51. The Morgan fingerprint density at radius 3 is 2.60 bits per heavy atom. The van der Waals surface area contributed by atoms with Crippen LogP contribution in [0.15, 0.2) is 54.3 Å². The van der Waals surface area contributed by atoms with Gasteiger partial charge in [0.1, 0.15) is 5.76 Å². The van der Waals surface area contributed by atoms with E-state index in [1.54, 1.807) is 12.2 Å². The van der Waals surface area contributed by atoms with Crippen molar-refractivity contribution in [2.24, 2.45) is 11.7 Å². The number of nitrogens with two attached hydrogens (primary N) is 1. The van der Waals surface area contributed by atoms with E-state index in [-0.39, 0.29) is 17.7 Å². The number of aliphatic hydroxyl groups is 1. The highest BCUT2D eigenvalue weighted by atomic mass is 16.3. The van der Waals surface area contributed by atoms with E-state index in [2.05, 4.69) is 12.1 Å². The molecule has 78 valence electrons. The van der Waals surface area contributed by atoms with Crippen LogP contribution in [0.1, 0.15) is 5.56 Å². The SMILES string of the molecule is NC1C=C(O)C=CC1Cc1ccccc1. The second-order valence-electron chi connectivity index (χ2n) is 3.88. The lowest BCUT2D eigenvalue weighted by Crippen LogP contribution is -2.30. The molecule has 1 aliphatic rings. The van der Waals surface area contributed by atoms with Gasteiger partial charge in [0.25, 0.3) is 0 Å². The lowest BCUT2D eigenvalue weighted by atomic mass is 9.89. The fraction of sp³-hybridized carbons (Fsp3) is 0.231. The third-order valence-electron chi connectivity index (χ3n) is 2.69. The van der Waals surface area contributed by atoms with Crippen LogP contribution in [-0.4, -0.2) is 11.1 Å². The molecule has 0 saturated heterocycles. The Bertz CT molecular complexity index is 381. The molecule has 2 rings (SSSR count). The number of allylic oxidation sites excluding steroid dienone is 1. The van der Waals surface area contributed by atoms with Crippen molar-refractivity contribution in [1.29, 1.82) is 0 Å². The molecule has 0 amide bonds. The van der Waals surface area contributed by atoms with Gasteiger partial charge in [-0.05, 0) is 24.1 Å². The summed E-state index contributed by atoms with van der Waals surface area (Å²) in [4.78, 5) is 0. The lowest BCUT2D eigenvalue weighted by Gasteiger charge is -2.21. The first-order valence-electron chi connectivity index (χ1n) is 5.14. The first-order chi connectivity index (χ1) is 7.25. The summed E-state index contributed by atoms with van der Waals surface area (Å²) >= 11 is 0. The van der Waals surface area contributed by atoms with E-state index >= 15 is 0 Å². The summed E-state index contributed by atoms with van der Waals surface area (Å²) in [6.07, 6.45) is 6.32. The summed E-state index contributed by atoms with van der Waals surface area (Å²) in [5.41, 5.74) is 7.20. The maximum atomic E-state index is 9.26. The van der Waals surface area contributed by atoms with Crippen LogP contribution in [0.4, 0.5) is 0 Å².